The molecule has 0 bridgehead atoms. The summed E-state index contributed by atoms with van der Waals surface area (Å²) in [5, 5.41) is 26.8. The van der Waals surface area contributed by atoms with Crippen LogP contribution in [0, 0.1) is 34.0 Å². The van der Waals surface area contributed by atoms with Gasteiger partial charge >= 0.3 is 0 Å². The molecule has 1 aliphatic rings. The number of nitrogens with zero attached hydrogens (tertiary/aromatic N) is 3. The normalized spacial score (nSPS) is 11.8. The number of nitriles is 3. The van der Waals surface area contributed by atoms with Gasteiger partial charge in [0.25, 0.3) is 0 Å². The standard InChI is InChI=1S/C15H10N4O3/c1-20-12-3-9(4-13-15(12)22-8-21-13)2-10(5-16)14(19)11(6-17)7-18/h2-4H,8,19H2,1H3. The van der Waals surface area contributed by atoms with Crippen molar-refractivity contribution in [2.24, 2.45) is 5.73 Å². The van der Waals surface area contributed by atoms with Gasteiger partial charge in [-0.05, 0) is 23.8 Å². The van der Waals surface area contributed by atoms with E-state index in [0.717, 1.165) is 0 Å². The predicted molar refractivity (Wildman–Crippen MR) is 75.1 cm³/mol. The first-order valence-electron chi connectivity index (χ1n) is 6.04. The van der Waals surface area contributed by atoms with Crippen molar-refractivity contribution in [3.63, 3.8) is 0 Å². The van der Waals surface area contributed by atoms with Crippen LogP contribution in [0.1, 0.15) is 5.56 Å². The molecule has 0 unspecified atom stereocenters. The van der Waals surface area contributed by atoms with E-state index >= 15 is 0 Å². The van der Waals surface area contributed by atoms with E-state index in [9.17, 15) is 5.26 Å². The lowest BCUT2D eigenvalue weighted by Crippen LogP contribution is -2.03. The van der Waals surface area contributed by atoms with E-state index in [4.69, 9.17) is 30.5 Å². The molecule has 2 N–H and O–H groups in total. The Balaban J connectivity index is 2.53. The van der Waals surface area contributed by atoms with Gasteiger partial charge in [0.15, 0.2) is 17.1 Å². The van der Waals surface area contributed by atoms with E-state index < -0.39 is 0 Å². The molecule has 108 valence electrons. The molecule has 0 aliphatic carbocycles. The van der Waals surface area contributed by atoms with E-state index in [1.165, 1.54) is 13.2 Å². The van der Waals surface area contributed by atoms with Crippen LogP contribution in [0.4, 0.5) is 0 Å². The summed E-state index contributed by atoms with van der Waals surface area (Å²) in [5.41, 5.74) is 5.75. The number of nitrogens with two attached hydrogens (primary N) is 1. The van der Waals surface area contributed by atoms with E-state index in [0.29, 0.717) is 22.8 Å². The van der Waals surface area contributed by atoms with Crippen molar-refractivity contribution in [3.05, 3.63) is 34.5 Å². The number of hydrogen-bond donors (Lipinski definition) is 1. The zero-order chi connectivity index (χ0) is 16.1. The molecule has 0 atom stereocenters. The highest BCUT2D eigenvalue weighted by Crippen LogP contribution is 2.42. The minimum Gasteiger partial charge on any atom is -0.493 e. The Labute approximate surface area is 126 Å². The number of methoxy groups -OCH3 is 1. The minimum absolute atomic E-state index is 0.000909. The highest BCUT2D eigenvalue weighted by atomic mass is 16.7. The Kier molecular flexibility index (Phi) is 4.17. The molecule has 1 heterocycles. The monoisotopic (exact) mass is 294 g/mol. The molecule has 7 nitrogen and oxygen atoms in total. The molecule has 7 heteroatoms. The molecule has 2 rings (SSSR count). The second-order valence-corrected chi connectivity index (χ2v) is 4.14. The summed E-state index contributed by atoms with van der Waals surface area (Å²) in [6.45, 7) is 0.0824. The van der Waals surface area contributed by atoms with Crippen molar-refractivity contribution in [2.45, 2.75) is 0 Å². The maximum atomic E-state index is 9.18. The largest absolute Gasteiger partial charge is 0.493 e. The smallest absolute Gasteiger partial charge is 0.231 e. The number of ether oxygens (including phenoxy) is 3. The van der Waals surface area contributed by atoms with Gasteiger partial charge in [0.2, 0.25) is 12.5 Å². The van der Waals surface area contributed by atoms with Crippen LogP contribution in [0.2, 0.25) is 0 Å². The van der Waals surface area contributed by atoms with Gasteiger partial charge in [-0.1, -0.05) is 0 Å². The summed E-state index contributed by atoms with van der Waals surface area (Å²) in [6, 6.07) is 8.45. The Morgan fingerprint density at radius 3 is 2.55 bits per heavy atom. The lowest BCUT2D eigenvalue weighted by molar-refractivity contribution is 0.171. The van der Waals surface area contributed by atoms with Crippen LogP contribution in [0.5, 0.6) is 17.2 Å². The van der Waals surface area contributed by atoms with Gasteiger partial charge in [0.05, 0.1) is 18.4 Å². The van der Waals surface area contributed by atoms with Crippen LogP contribution in [-0.2, 0) is 0 Å². The SMILES string of the molecule is COc1cc(C=C(C#N)C(N)=C(C#N)C#N)cc2c1OCO2. The molecular formula is C15H10N4O3. The number of hydrogen-bond acceptors (Lipinski definition) is 7. The molecule has 0 amide bonds. The quantitative estimate of drug-likeness (QED) is 0.662. The molecule has 1 aliphatic heterocycles. The third-order valence-corrected chi connectivity index (χ3v) is 2.90. The summed E-state index contributed by atoms with van der Waals surface area (Å²) in [6.07, 6.45) is 1.44. The molecule has 0 saturated carbocycles. The second kappa shape index (κ2) is 6.21. The van der Waals surface area contributed by atoms with E-state index in [2.05, 4.69) is 0 Å². The topological polar surface area (TPSA) is 125 Å². The van der Waals surface area contributed by atoms with E-state index in [1.807, 2.05) is 6.07 Å². The molecule has 0 radical (unpaired) electrons. The van der Waals surface area contributed by atoms with Crippen molar-refractivity contribution in [1.82, 2.24) is 0 Å². The van der Waals surface area contributed by atoms with E-state index in [-0.39, 0.29) is 23.6 Å². The lowest BCUT2D eigenvalue weighted by Gasteiger charge is -2.06. The van der Waals surface area contributed by atoms with Gasteiger partial charge in [-0.25, -0.2) is 0 Å². The van der Waals surface area contributed by atoms with Gasteiger partial charge in [-0.2, -0.15) is 15.8 Å². The van der Waals surface area contributed by atoms with Gasteiger partial charge in [0, 0.05) is 0 Å². The van der Waals surface area contributed by atoms with E-state index in [1.54, 1.807) is 24.3 Å². The van der Waals surface area contributed by atoms with Gasteiger partial charge in [0.1, 0.15) is 18.2 Å². The third-order valence-electron chi connectivity index (χ3n) is 2.90. The summed E-state index contributed by atoms with van der Waals surface area (Å²) in [4.78, 5) is 0. The summed E-state index contributed by atoms with van der Waals surface area (Å²) in [5.74, 6) is 1.41. The highest BCUT2D eigenvalue weighted by Gasteiger charge is 2.20. The van der Waals surface area contributed by atoms with Crippen molar-refractivity contribution >= 4 is 6.08 Å². The van der Waals surface area contributed by atoms with Gasteiger partial charge in [-0.15, -0.1) is 0 Å². The summed E-state index contributed by atoms with van der Waals surface area (Å²) in [7, 11) is 1.48. The molecule has 0 aromatic heterocycles. The number of benzene rings is 1. The lowest BCUT2D eigenvalue weighted by atomic mass is 10.1. The molecule has 0 saturated heterocycles. The zero-order valence-corrected chi connectivity index (χ0v) is 11.6. The Morgan fingerprint density at radius 2 is 1.95 bits per heavy atom. The molecule has 22 heavy (non-hydrogen) atoms. The summed E-state index contributed by atoms with van der Waals surface area (Å²) < 4.78 is 15.8. The van der Waals surface area contributed by atoms with Crippen LogP contribution in [0.3, 0.4) is 0 Å². The first-order chi connectivity index (χ1) is 10.6. The maximum Gasteiger partial charge on any atom is 0.231 e. The Hall–Kier alpha value is -3.63. The van der Waals surface area contributed by atoms with Crippen LogP contribution in [0.15, 0.2) is 29.0 Å². The summed E-state index contributed by atoms with van der Waals surface area (Å²) >= 11 is 0. The van der Waals surface area contributed by atoms with Crippen LogP contribution in [-0.4, -0.2) is 13.9 Å². The average molecular weight is 294 g/mol. The fourth-order valence-electron chi connectivity index (χ4n) is 1.85. The van der Waals surface area contributed by atoms with Crippen LogP contribution in [0.25, 0.3) is 6.08 Å². The second-order valence-electron chi connectivity index (χ2n) is 4.14. The third kappa shape index (κ3) is 2.63. The number of allylic oxidation sites excluding steroid dienone is 2. The van der Waals surface area contributed by atoms with Crippen LogP contribution < -0.4 is 19.9 Å². The zero-order valence-electron chi connectivity index (χ0n) is 11.6. The van der Waals surface area contributed by atoms with Crippen molar-refractivity contribution in [3.8, 4) is 35.5 Å². The Bertz CT molecular complexity index is 788. The average Bonchev–Trinajstić information content (AvgIpc) is 3.01. The highest BCUT2D eigenvalue weighted by molar-refractivity contribution is 5.70. The Morgan fingerprint density at radius 1 is 1.23 bits per heavy atom. The van der Waals surface area contributed by atoms with Crippen LogP contribution >= 0.6 is 0 Å². The van der Waals surface area contributed by atoms with Crippen molar-refractivity contribution in [1.29, 1.82) is 15.8 Å². The van der Waals surface area contributed by atoms with Gasteiger partial charge in [-0.3, -0.25) is 0 Å². The van der Waals surface area contributed by atoms with Crippen molar-refractivity contribution < 1.29 is 14.2 Å². The molecule has 1 aromatic carbocycles. The minimum atomic E-state index is -0.319. The predicted octanol–water partition coefficient (Wildman–Crippen LogP) is 1.59. The fraction of sp³-hybridized carbons (Fsp3) is 0.133. The first-order valence-corrected chi connectivity index (χ1v) is 6.04. The molecular weight excluding hydrogens is 284 g/mol. The first kappa shape index (κ1) is 14.8. The maximum absolute atomic E-state index is 9.18. The van der Waals surface area contributed by atoms with Gasteiger partial charge < -0.3 is 19.9 Å². The number of fused-ring (bicyclic) bond motifs is 1. The van der Waals surface area contributed by atoms with Crippen molar-refractivity contribution in [2.75, 3.05) is 13.9 Å². The molecule has 1 aromatic rings. The number of rotatable bonds is 3. The molecule has 0 spiro atoms. The molecule has 0 fully saturated rings. The fourth-order valence-corrected chi connectivity index (χ4v) is 1.85.